The summed E-state index contributed by atoms with van der Waals surface area (Å²) in [6.45, 7) is 4.96. The average Bonchev–Trinajstić information content (AvgIpc) is 3.19. The van der Waals surface area contributed by atoms with Crippen molar-refractivity contribution in [3.05, 3.63) is 23.8 Å². The van der Waals surface area contributed by atoms with Gasteiger partial charge in [-0.3, -0.25) is 4.99 Å². The van der Waals surface area contributed by atoms with Crippen LogP contribution < -0.4 is 14.8 Å². The number of aliphatic imine (C=N–C) groups is 1. The maximum atomic E-state index is 12.3. The van der Waals surface area contributed by atoms with Gasteiger partial charge in [-0.15, -0.1) is 0 Å². The van der Waals surface area contributed by atoms with E-state index in [1.54, 1.807) is 28.0 Å². The Hall–Kier alpha value is -1.96. The molecule has 1 saturated carbocycles. The standard InChI is InChI=1S/C21H33N3O4S/c1-21(2)15-24(11-12-29(21,25)26)20(22-3)23-14-16-9-10-18(27-4)13-19(16)28-17-7-5-6-8-17/h9-10,13,17H,5-8,11-12,14-15H2,1-4H3,(H,22,23). The second-order valence-corrected chi connectivity index (χ2v) is 11.1. The number of sulfone groups is 1. The van der Waals surface area contributed by atoms with Crippen LogP contribution in [0.1, 0.15) is 45.1 Å². The molecule has 29 heavy (non-hydrogen) atoms. The van der Waals surface area contributed by atoms with Crippen molar-refractivity contribution in [3.8, 4) is 11.5 Å². The molecule has 1 N–H and O–H groups in total. The Balaban J connectivity index is 1.70. The van der Waals surface area contributed by atoms with E-state index in [4.69, 9.17) is 9.47 Å². The number of rotatable bonds is 5. The molecule has 1 aromatic rings. The third-order valence-electron chi connectivity index (χ3n) is 5.86. The third-order valence-corrected chi connectivity index (χ3v) is 8.39. The summed E-state index contributed by atoms with van der Waals surface area (Å²) in [5, 5.41) is 3.38. The summed E-state index contributed by atoms with van der Waals surface area (Å²) in [5.74, 6) is 2.45. The molecule has 1 heterocycles. The molecule has 0 aromatic heterocycles. The number of methoxy groups -OCH3 is 1. The Morgan fingerprint density at radius 2 is 2.03 bits per heavy atom. The first-order valence-corrected chi connectivity index (χ1v) is 11.9. The van der Waals surface area contributed by atoms with Gasteiger partial charge in [-0.05, 0) is 51.7 Å². The molecule has 0 amide bonds. The van der Waals surface area contributed by atoms with Crippen LogP contribution in [-0.4, -0.2) is 63.1 Å². The van der Waals surface area contributed by atoms with Gasteiger partial charge >= 0.3 is 0 Å². The van der Waals surface area contributed by atoms with E-state index in [-0.39, 0.29) is 11.9 Å². The van der Waals surface area contributed by atoms with Crippen LogP contribution in [0.5, 0.6) is 11.5 Å². The number of nitrogens with one attached hydrogen (secondary N) is 1. The van der Waals surface area contributed by atoms with Crippen molar-refractivity contribution in [1.82, 2.24) is 10.2 Å². The van der Waals surface area contributed by atoms with E-state index in [0.29, 0.717) is 25.6 Å². The number of hydrogen-bond acceptors (Lipinski definition) is 5. The van der Waals surface area contributed by atoms with Crippen molar-refractivity contribution in [3.63, 3.8) is 0 Å². The molecule has 1 aliphatic heterocycles. The summed E-state index contributed by atoms with van der Waals surface area (Å²) in [6, 6.07) is 5.88. The maximum Gasteiger partial charge on any atom is 0.193 e. The zero-order valence-electron chi connectivity index (χ0n) is 17.9. The number of benzene rings is 1. The fourth-order valence-electron chi connectivity index (χ4n) is 3.93. The largest absolute Gasteiger partial charge is 0.497 e. The van der Waals surface area contributed by atoms with E-state index < -0.39 is 14.6 Å². The topological polar surface area (TPSA) is 80.2 Å². The zero-order valence-corrected chi connectivity index (χ0v) is 18.7. The summed E-state index contributed by atoms with van der Waals surface area (Å²) < 4.78 is 35.4. The van der Waals surface area contributed by atoms with Gasteiger partial charge in [0.1, 0.15) is 11.5 Å². The smallest absolute Gasteiger partial charge is 0.193 e. The molecule has 2 fully saturated rings. The van der Waals surface area contributed by atoms with Crippen LogP contribution in [0.25, 0.3) is 0 Å². The predicted molar refractivity (Wildman–Crippen MR) is 116 cm³/mol. The highest BCUT2D eigenvalue weighted by Gasteiger charge is 2.41. The molecule has 1 aromatic carbocycles. The van der Waals surface area contributed by atoms with Gasteiger partial charge in [0, 0.05) is 38.3 Å². The molecule has 7 nitrogen and oxygen atoms in total. The monoisotopic (exact) mass is 423 g/mol. The molecule has 0 spiro atoms. The summed E-state index contributed by atoms with van der Waals surface area (Å²) in [7, 11) is 0.289. The summed E-state index contributed by atoms with van der Waals surface area (Å²) >= 11 is 0. The van der Waals surface area contributed by atoms with Gasteiger partial charge in [0.25, 0.3) is 0 Å². The first kappa shape index (κ1) is 21.7. The van der Waals surface area contributed by atoms with E-state index in [1.807, 2.05) is 23.1 Å². The fraction of sp³-hybridized carbons (Fsp3) is 0.667. The Kier molecular flexibility index (Phi) is 6.61. The second-order valence-electron chi connectivity index (χ2n) is 8.40. The van der Waals surface area contributed by atoms with Gasteiger partial charge in [0.2, 0.25) is 0 Å². The minimum Gasteiger partial charge on any atom is -0.497 e. The maximum absolute atomic E-state index is 12.3. The number of guanidine groups is 1. The van der Waals surface area contributed by atoms with E-state index in [0.717, 1.165) is 29.9 Å². The average molecular weight is 424 g/mol. The Morgan fingerprint density at radius 1 is 1.31 bits per heavy atom. The van der Waals surface area contributed by atoms with Crippen LogP contribution in [0.15, 0.2) is 23.2 Å². The Bertz CT molecular complexity index is 845. The number of nitrogens with zero attached hydrogens (tertiary/aromatic N) is 2. The van der Waals surface area contributed by atoms with E-state index in [2.05, 4.69) is 10.3 Å². The van der Waals surface area contributed by atoms with Crippen molar-refractivity contribution in [2.24, 2.45) is 4.99 Å². The van der Waals surface area contributed by atoms with Crippen molar-refractivity contribution >= 4 is 15.8 Å². The third kappa shape index (κ3) is 4.97. The summed E-state index contributed by atoms with van der Waals surface area (Å²) in [5.41, 5.74) is 1.03. The molecule has 162 valence electrons. The molecule has 1 aliphatic carbocycles. The van der Waals surface area contributed by atoms with Crippen LogP contribution in [0.4, 0.5) is 0 Å². The lowest BCUT2D eigenvalue weighted by Gasteiger charge is -2.39. The molecule has 2 aliphatic rings. The van der Waals surface area contributed by atoms with Crippen LogP contribution in [-0.2, 0) is 16.4 Å². The molecule has 3 rings (SSSR count). The number of hydrogen-bond donors (Lipinski definition) is 1. The SMILES string of the molecule is CN=C(NCc1ccc(OC)cc1OC1CCCC1)N1CCS(=O)(=O)C(C)(C)C1. The lowest BCUT2D eigenvalue weighted by molar-refractivity contribution is 0.207. The Labute approximate surface area is 174 Å². The molecule has 0 atom stereocenters. The van der Waals surface area contributed by atoms with Crippen molar-refractivity contribution in [2.75, 3.05) is 33.0 Å². The van der Waals surface area contributed by atoms with Gasteiger partial charge in [-0.2, -0.15) is 0 Å². The van der Waals surface area contributed by atoms with Gasteiger partial charge < -0.3 is 19.7 Å². The minimum absolute atomic E-state index is 0.138. The lowest BCUT2D eigenvalue weighted by Crippen LogP contribution is -2.57. The van der Waals surface area contributed by atoms with Crippen LogP contribution in [0, 0.1) is 0 Å². The van der Waals surface area contributed by atoms with Crippen LogP contribution >= 0.6 is 0 Å². The van der Waals surface area contributed by atoms with Gasteiger partial charge in [0.15, 0.2) is 15.8 Å². The van der Waals surface area contributed by atoms with Gasteiger partial charge in [0.05, 0.1) is 23.7 Å². The van der Waals surface area contributed by atoms with E-state index in [1.165, 1.54) is 12.8 Å². The predicted octanol–water partition coefficient (Wildman–Crippen LogP) is 2.60. The zero-order chi connectivity index (χ0) is 21.1. The molecule has 1 saturated heterocycles. The van der Waals surface area contributed by atoms with E-state index >= 15 is 0 Å². The molecule has 0 bridgehead atoms. The van der Waals surface area contributed by atoms with Gasteiger partial charge in [-0.1, -0.05) is 0 Å². The van der Waals surface area contributed by atoms with E-state index in [9.17, 15) is 8.42 Å². The minimum atomic E-state index is -3.09. The number of ether oxygens (including phenoxy) is 2. The summed E-state index contributed by atoms with van der Waals surface area (Å²) in [4.78, 5) is 6.39. The van der Waals surface area contributed by atoms with Crippen molar-refractivity contribution in [1.29, 1.82) is 0 Å². The van der Waals surface area contributed by atoms with Crippen molar-refractivity contribution < 1.29 is 17.9 Å². The quantitative estimate of drug-likeness (QED) is 0.579. The van der Waals surface area contributed by atoms with Crippen LogP contribution in [0.3, 0.4) is 0 Å². The fourth-order valence-corrected chi connectivity index (χ4v) is 5.30. The second kappa shape index (κ2) is 8.81. The van der Waals surface area contributed by atoms with Crippen molar-refractivity contribution in [2.45, 2.75) is 56.9 Å². The lowest BCUT2D eigenvalue weighted by atomic mass is 10.1. The molecular formula is C21H33N3O4S. The summed E-state index contributed by atoms with van der Waals surface area (Å²) in [6.07, 6.45) is 4.85. The normalized spacial score (nSPS) is 21.8. The highest BCUT2D eigenvalue weighted by Crippen LogP contribution is 2.30. The molecule has 0 radical (unpaired) electrons. The highest BCUT2D eigenvalue weighted by molar-refractivity contribution is 7.92. The molecule has 8 heteroatoms. The van der Waals surface area contributed by atoms with Crippen LogP contribution in [0.2, 0.25) is 0 Å². The first-order valence-electron chi connectivity index (χ1n) is 10.3. The highest BCUT2D eigenvalue weighted by atomic mass is 32.2. The molecule has 0 unspecified atom stereocenters. The molecular weight excluding hydrogens is 390 g/mol. The Morgan fingerprint density at radius 3 is 2.66 bits per heavy atom. The first-order chi connectivity index (χ1) is 13.8. The van der Waals surface area contributed by atoms with Gasteiger partial charge in [-0.25, -0.2) is 8.42 Å².